The van der Waals surface area contributed by atoms with Gasteiger partial charge in [0.05, 0.1) is 5.69 Å². The van der Waals surface area contributed by atoms with Crippen LogP contribution in [0, 0.1) is 19.7 Å². The molecule has 100 valence electrons. The monoisotopic (exact) mass is 341 g/mol. The molecule has 0 aliphatic carbocycles. The van der Waals surface area contributed by atoms with E-state index in [1.165, 1.54) is 11.6 Å². The summed E-state index contributed by atoms with van der Waals surface area (Å²) in [7, 11) is 0. The Kier molecular flexibility index (Phi) is 4.48. The van der Waals surface area contributed by atoms with Crippen molar-refractivity contribution in [2.75, 3.05) is 5.32 Å². The Morgan fingerprint density at radius 1 is 1.26 bits per heavy atom. The number of benzene rings is 2. The SMILES string of the molecule is Cc1cc(C)c(NCc2c(F)cccc2Cl)c(Br)c1. The average Bonchev–Trinajstić information content (AvgIpc) is 2.31. The third-order valence-electron chi connectivity index (χ3n) is 2.94. The molecular formula is C15H14BrClFN. The van der Waals surface area contributed by atoms with E-state index in [0.717, 1.165) is 15.7 Å². The molecule has 2 aromatic rings. The quantitative estimate of drug-likeness (QED) is 0.780. The molecule has 0 aliphatic heterocycles. The summed E-state index contributed by atoms with van der Waals surface area (Å²) < 4.78 is 14.7. The highest BCUT2D eigenvalue weighted by Crippen LogP contribution is 2.29. The molecule has 1 nitrogen and oxygen atoms in total. The van der Waals surface area contributed by atoms with Crippen molar-refractivity contribution in [3.05, 3.63) is 62.3 Å². The number of hydrogen-bond donors (Lipinski definition) is 1. The van der Waals surface area contributed by atoms with Crippen LogP contribution in [0.3, 0.4) is 0 Å². The van der Waals surface area contributed by atoms with Gasteiger partial charge in [0.25, 0.3) is 0 Å². The highest BCUT2D eigenvalue weighted by Gasteiger charge is 2.09. The van der Waals surface area contributed by atoms with E-state index in [1.54, 1.807) is 12.1 Å². The molecule has 19 heavy (non-hydrogen) atoms. The summed E-state index contributed by atoms with van der Waals surface area (Å²) in [5, 5.41) is 3.67. The van der Waals surface area contributed by atoms with Gasteiger partial charge in [0, 0.05) is 21.6 Å². The number of aryl methyl sites for hydroxylation is 2. The minimum absolute atomic E-state index is 0.291. The highest BCUT2D eigenvalue weighted by molar-refractivity contribution is 9.10. The molecule has 0 fully saturated rings. The van der Waals surface area contributed by atoms with Crippen molar-refractivity contribution in [2.45, 2.75) is 20.4 Å². The lowest BCUT2D eigenvalue weighted by Gasteiger charge is -2.14. The van der Waals surface area contributed by atoms with E-state index in [9.17, 15) is 4.39 Å². The van der Waals surface area contributed by atoms with Crippen molar-refractivity contribution in [3.63, 3.8) is 0 Å². The molecule has 0 aliphatic rings. The fraction of sp³-hybridized carbons (Fsp3) is 0.200. The average molecular weight is 343 g/mol. The summed E-state index contributed by atoms with van der Waals surface area (Å²) in [5.74, 6) is -0.291. The first-order valence-electron chi connectivity index (χ1n) is 5.92. The van der Waals surface area contributed by atoms with Gasteiger partial charge >= 0.3 is 0 Å². The molecule has 2 rings (SSSR count). The van der Waals surface area contributed by atoms with E-state index in [1.807, 2.05) is 19.9 Å². The van der Waals surface area contributed by atoms with Gasteiger partial charge in [-0.2, -0.15) is 0 Å². The lowest BCUT2D eigenvalue weighted by molar-refractivity contribution is 0.613. The largest absolute Gasteiger partial charge is 0.380 e. The molecule has 0 saturated carbocycles. The first-order valence-corrected chi connectivity index (χ1v) is 7.09. The maximum atomic E-state index is 13.7. The number of hydrogen-bond acceptors (Lipinski definition) is 1. The van der Waals surface area contributed by atoms with Crippen molar-refractivity contribution in [3.8, 4) is 0 Å². The van der Waals surface area contributed by atoms with Crippen molar-refractivity contribution in [2.24, 2.45) is 0 Å². The summed E-state index contributed by atoms with van der Waals surface area (Å²) in [6.45, 7) is 4.41. The lowest BCUT2D eigenvalue weighted by Crippen LogP contribution is -2.04. The van der Waals surface area contributed by atoms with Crippen LogP contribution in [0.4, 0.5) is 10.1 Å². The second kappa shape index (κ2) is 5.93. The third-order valence-corrected chi connectivity index (χ3v) is 3.91. The Labute approximate surface area is 125 Å². The van der Waals surface area contributed by atoms with Gasteiger partial charge in [-0.3, -0.25) is 0 Å². The van der Waals surface area contributed by atoms with Crippen molar-refractivity contribution < 1.29 is 4.39 Å². The van der Waals surface area contributed by atoms with E-state index < -0.39 is 0 Å². The Morgan fingerprint density at radius 3 is 2.63 bits per heavy atom. The van der Waals surface area contributed by atoms with Crippen LogP contribution >= 0.6 is 27.5 Å². The standard InChI is InChI=1S/C15H14BrClFN/c1-9-6-10(2)15(12(16)7-9)19-8-11-13(17)4-3-5-14(11)18/h3-7,19H,8H2,1-2H3. The molecule has 0 radical (unpaired) electrons. The van der Waals surface area contributed by atoms with E-state index in [2.05, 4.69) is 27.3 Å². The van der Waals surface area contributed by atoms with Crippen molar-refractivity contribution in [1.82, 2.24) is 0 Å². The van der Waals surface area contributed by atoms with Crippen LogP contribution in [-0.2, 0) is 6.54 Å². The van der Waals surface area contributed by atoms with Gasteiger partial charge in [-0.25, -0.2) is 4.39 Å². The lowest BCUT2D eigenvalue weighted by atomic mass is 10.1. The first-order chi connectivity index (χ1) is 8.99. The normalized spacial score (nSPS) is 10.6. The molecule has 1 N–H and O–H groups in total. The van der Waals surface area contributed by atoms with E-state index >= 15 is 0 Å². The van der Waals surface area contributed by atoms with Crippen LogP contribution in [0.15, 0.2) is 34.8 Å². The molecule has 0 atom stereocenters. The molecule has 0 aromatic heterocycles. The van der Waals surface area contributed by atoms with Gasteiger partial charge in [-0.05, 0) is 59.1 Å². The summed E-state index contributed by atoms with van der Waals surface area (Å²) in [6, 6.07) is 8.82. The van der Waals surface area contributed by atoms with Gasteiger partial charge in [-0.15, -0.1) is 0 Å². The first kappa shape index (κ1) is 14.4. The zero-order valence-electron chi connectivity index (χ0n) is 10.7. The second-order valence-electron chi connectivity index (χ2n) is 4.49. The van der Waals surface area contributed by atoms with Gasteiger partial charge < -0.3 is 5.32 Å². The Morgan fingerprint density at radius 2 is 2.00 bits per heavy atom. The molecule has 0 heterocycles. The highest BCUT2D eigenvalue weighted by atomic mass is 79.9. The molecule has 0 unspecified atom stereocenters. The van der Waals surface area contributed by atoms with Crippen LogP contribution in [0.5, 0.6) is 0 Å². The van der Waals surface area contributed by atoms with Crippen LogP contribution < -0.4 is 5.32 Å². The number of nitrogens with one attached hydrogen (secondary N) is 1. The maximum absolute atomic E-state index is 13.7. The molecule has 4 heteroatoms. The molecule has 0 bridgehead atoms. The zero-order chi connectivity index (χ0) is 14.0. The Bertz CT molecular complexity index is 570. The Hall–Kier alpha value is -1.06. The molecule has 0 saturated heterocycles. The van der Waals surface area contributed by atoms with Gasteiger partial charge in [0.1, 0.15) is 5.82 Å². The third kappa shape index (κ3) is 3.28. The predicted molar refractivity (Wildman–Crippen MR) is 82.4 cm³/mol. The fourth-order valence-electron chi connectivity index (χ4n) is 2.02. The van der Waals surface area contributed by atoms with Crippen LogP contribution in [0.25, 0.3) is 0 Å². The summed E-state index contributed by atoms with van der Waals surface area (Å²) in [6.07, 6.45) is 0. The minimum Gasteiger partial charge on any atom is -0.380 e. The number of halogens is 3. The topological polar surface area (TPSA) is 12.0 Å². The number of anilines is 1. The second-order valence-corrected chi connectivity index (χ2v) is 5.75. The van der Waals surface area contributed by atoms with E-state index in [-0.39, 0.29) is 5.82 Å². The number of rotatable bonds is 3. The smallest absolute Gasteiger partial charge is 0.129 e. The van der Waals surface area contributed by atoms with Gasteiger partial charge in [0.15, 0.2) is 0 Å². The molecule has 0 spiro atoms. The minimum atomic E-state index is -0.291. The maximum Gasteiger partial charge on any atom is 0.129 e. The van der Waals surface area contributed by atoms with Crippen LogP contribution in [-0.4, -0.2) is 0 Å². The fourth-order valence-corrected chi connectivity index (χ4v) is 3.06. The van der Waals surface area contributed by atoms with Crippen LogP contribution in [0.2, 0.25) is 5.02 Å². The molecule has 2 aromatic carbocycles. The van der Waals surface area contributed by atoms with Gasteiger partial charge in [-0.1, -0.05) is 23.7 Å². The van der Waals surface area contributed by atoms with Crippen molar-refractivity contribution >= 4 is 33.2 Å². The molecule has 0 amide bonds. The van der Waals surface area contributed by atoms with Crippen molar-refractivity contribution in [1.29, 1.82) is 0 Å². The Balaban J connectivity index is 2.24. The summed E-state index contributed by atoms with van der Waals surface area (Å²) in [4.78, 5) is 0. The summed E-state index contributed by atoms with van der Waals surface area (Å²) >= 11 is 9.53. The zero-order valence-corrected chi connectivity index (χ0v) is 13.1. The predicted octanol–water partition coefficient (Wildman–Crippen LogP) is 5.47. The van der Waals surface area contributed by atoms with Crippen LogP contribution in [0.1, 0.15) is 16.7 Å². The molecular weight excluding hydrogens is 329 g/mol. The summed E-state index contributed by atoms with van der Waals surface area (Å²) in [5.41, 5.74) is 3.74. The van der Waals surface area contributed by atoms with E-state index in [4.69, 9.17) is 11.6 Å². The van der Waals surface area contributed by atoms with E-state index in [0.29, 0.717) is 17.1 Å². The van der Waals surface area contributed by atoms with Gasteiger partial charge in [0.2, 0.25) is 0 Å².